The first-order valence-corrected chi connectivity index (χ1v) is 11.1. The highest BCUT2D eigenvalue weighted by Gasteiger charge is 2.33. The summed E-state index contributed by atoms with van der Waals surface area (Å²) in [6, 6.07) is 9.56. The number of nitrogens with zero attached hydrogens (tertiary/aromatic N) is 4. The third-order valence-electron chi connectivity index (χ3n) is 6.46. The lowest BCUT2D eigenvalue weighted by Gasteiger charge is -2.35. The first-order chi connectivity index (χ1) is 16.3. The number of hydrogen-bond acceptors (Lipinski definition) is 7. The highest BCUT2D eigenvalue weighted by molar-refractivity contribution is 6.06. The van der Waals surface area contributed by atoms with Gasteiger partial charge < -0.3 is 14.6 Å². The molecule has 0 radical (unpaired) electrons. The van der Waals surface area contributed by atoms with Gasteiger partial charge in [-0.3, -0.25) is 9.69 Å². The van der Waals surface area contributed by atoms with Gasteiger partial charge in [-0.25, -0.2) is 14.7 Å². The van der Waals surface area contributed by atoms with Crippen LogP contribution >= 0.6 is 0 Å². The number of carboxylic acid groups (broad SMARTS) is 1. The number of cyclic esters (lactones) is 1. The second-order valence-electron chi connectivity index (χ2n) is 9.35. The monoisotopic (exact) mass is 462 g/mol. The van der Waals surface area contributed by atoms with Crippen molar-refractivity contribution in [1.29, 1.82) is 0 Å². The number of aromatic nitrogens is 2. The molecule has 9 heteroatoms. The van der Waals surface area contributed by atoms with Crippen LogP contribution in [0.25, 0.3) is 11.0 Å². The minimum Gasteiger partial charge on any atom is -0.481 e. The number of pyridine rings is 2. The van der Waals surface area contributed by atoms with E-state index < -0.39 is 17.5 Å². The Balaban J connectivity index is 1.53. The normalized spacial score (nSPS) is 16.1. The second-order valence-corrected chi connectivity index (χ2v) is 9.35. The van der Waals surface area contributed by atoms with Crippen LogP contribution in [0.2, 0.25) is 0 Å². The fraction of sp³-hybridized carbons (Fsp3) is 0.360. The van der Waals surface area contributed by atoms with Gasteiger partial charge in [0.25, 0.3) is 0 Å². The van der Waals surface area contributed by atoms with Crippen LogP contribution in [0, 0.1) is 5.41 Å². The maximum atomic E-state index is 13.0. The molecule has 0 unspecified atom stereocenters. The third-order valence-corrected chi connectivity index (χ3v) is 6.46. The number of anilines is 2. The lowest BCUT2D eigenvalue weighted by molar-refractivity contribution is -0.148. The Morgan fingerprint density at radius 1 is 1.21 bits per heavy atom. The fourth-order valence-electron chi connectivity index (χ4n) is 4.60. The second kappa shape index (κ2) is 8.25. The Morgan fingerprint density at radius 3 is 2.79 bits per heavy atom. The van der Waals surface area contributed by atoms with Gasteiger partial charge in [0.15, 0.2) is 5.65 Å². The molecule has 1 amide bonds. The number of benzene rings is 1. The maximum Gasteiger partial charge on any atom is 0.419 e. The van der Waals surface area contributed by atoms with E-state index in [0.717, 1.165) is 29.5 Å². The smallest absolute Gasteiger partial charge is 0.419 e. The zero-order chi connectivity index (χ0) is 24.0. The molecule has 0 fully saturated rings. The third kappa shape index (κ3) is 3.81. The van der Waals surface area contributed by atoms with Crippen molar-refractivity contribution in [2.75, 3.05) is 25.1 Å². The lowest BCUT2D eigenvalue weighted by atomic mass is 9.91. The summed E-state index contributed by atoms with van der Waals surface area (Å²) in [6.45, 7) is 5.48. The Morgan fingerprint density at radius 2 is 2.03 bits per heavy atom. The molecule has 176 valence electrons. The van der Waals surface area contributed by atoms with Crippen molar-refractivity contribution in [2.45, 2.75) is 33.4 Å². The van der Waals surface area contributed by atoms with Crippen molar-refractivity contribution in [3.8, 4) is 5.88 Å². The number of fused-ring (bicyclic) bond motifs is 4. The van der Waals surface area contributed by atoms with Crippen LogP contribution in [-0.2, 0) is 29.1 Å². The van der Waals surface area contributed by atoms with E-state index in [1.54, 1.807) is 38.1 Å². The number of amides is 1. The topological polar surface area (TPSA) is 105 Å². The van der Waals surface area contributed by atoms with E-state index in [2.05, 4.69) is 14.9 Å². The molecule has 0 aliphatic carbocycles. The molecular formula is C25H26N4O5. The molecule has 5 rings (SSSR count). The highest BCUT2D eigenvalue weighted by atomic mass is 16.6. The number of aliphatic carboxylic acids is 1. The van der Waals surface area contributed by atoms with Crippen LogP contribution in [0.4, 0.5) is 16.2 Å². The van der Waals surface area contributed by atoms with Gasteiger partial charge in [0.1, 0.15) is 6.61 Å². The van der Waals surface area contributed by atoms with Gasteiger partial charge in [0.05, 0.1) is 23.9 Å². The molecule has 0 spiro atoms. The molecule has 0 saturated heterocycles. The minimum absolute atomic E-state index is 0.141. The van der Waals surface area contributed by atoms with Crippen LogP contribution in [0.15, 0.2) is 36.5 Å². The number of rotatable bonds is 5. The predicted molar refractivity (Wildman–Crippen MR) is 125 cm³/mol. The molecule has 0 atom stereocenters. The van der Waals surface area contributed by atoms with E-state index in [1.807, 2.05) is 24.3 Å². The van der Waals surface area contributed by atoms with Crippen molar-refractivity contribution in [3.63, 3.8) is 0 Å². The minimum atomic E-state index is -0.843. The summed E-state index contributed by atoms with van der Waals surface area (Å²) in [6.07, 6.45) is 2.04. The molecule has 2 aliphatic heterocycles. The first-order valence-electron chi connectivity index (χ1n) is 11.1. The number of ether oxygens (including phenoxy) is 2. The molecule has 2 aliphatic rings. The fourth-order valence-corrected chi connectivity index (χ4v) is 4.60. The Kier molecular flexibility index (Phi) is 5.36. The summed E-state index contributed by atoms with van der Waals surface area (Å²) in [7, 11) is 1.55. The van der Waals surface area contributed by atoms with Gasteiger partial charge >= 0.3 is 12.1 Å². The predicted octanol–water partition coefficient (Wildman–Crippen LogP) is 3.90. The SMILES string of the molecule is COc1ccc2c3c(cnc2n1)COC(=O)N3c1ccc2c(c1)CN(CC(C)(C)C(=O)O)CC2. The van der Waals surface area contributed by atoms with E-state index >= 15 is 0 Å². The van der Waals surface area contributed by atoms with Crippen molar-refractivity contribution in [2.24, 2.45) is 5.41 Å². The molecule has 0 bridgehead atoms. The average molecular weight is 463 g/mol. The number of methoxy groups -OCH3 is 1. The molecule has 1 N–H and O–H groups in total. The first kappa shape index (κ1) is 22.1. The molecule has 34 heavy (non-hydrogen) atoms. The van der Waals surface area contributed by atoms with Gasteiger partial charge in [0.2, 0.25) is 5.88 Å². The largest absolute Gasteiger partial charge is 0.481 e. The zero-order valence-electron chi connectivity index (χ0n) is 19.4. The van der Waals surface area contributed by atoms with Crippen LogP contribution < -0.4 is 9.64 Å². The molecule has 1 aromatic carbocycles. The Labute approximate surface area is 196 Å². The van der Waals surface area contributed by atoms with E-state index in [-0.39, 0.29) is 6.61 Å². The molecular weight excluding hydrogens is 436 g/mol. The summed E-state index contributed by atoms with van der Waals surface area (Å²) >= 11 is 0. The van der Waals surface area contributed by atoms with Crippen LogP contribution in [0.1, 0.15) is 30.5 Å². The zero-order valence-corrected chi connectivity index (χ0v) is 19.4. The highest BCUT2D eigenvalue weighted by Crippen LogP contribution is 2.39. The van der Waals surface area contributed by atoms with Crippen molar-refractivity contribution in [3.05, 3.63) is 53.2 Å². The van der Waals surface area contributed by atoms with E-state index in [9.17, 15) is 14.7 Å². The summed E-state index contributed by atoms with van der Waals surface area (Å²) in [5, 5.41) is 10.3. The van der Waals surface area contributed by atoms with Crippen LogP contribution in [-0.4, -0.2) is 52.2 Å². The number of carboxylic acids is 1. The van der Waals surface area contributed by atoms with Gasteiger partial charge in [-0.05, 0) is 49.6 Å². The van der Waals surface area contributed by atoms with E-state index in [4.69, 9.17) is 9.47 Å². The molecule has 4 heterocycles. The van der Waals surface area contributed by atoms with E-state index in [1.165, 1.54) is 5.56 Å². The summed E-state index contributed by atoms with van der Waals surface area (Å²) in [5.74, 6) is -0.367. The van der Waals surface area contributed by atoms with Gasteiger partial charge in [-0.1, -0.05) is 6.07 Å². The number of carbonyl (C=O) groups excluding carboxylic acids is 1. The van der Waals surface area contributed by atoms with Crippen molar-refractivity contribution >= 4 is 34.5 Å². The summed E-state index contributed by atoms with van der Waals surface area (Å²) in [5.41, 5.74) is 4.10. The van der Waals surface area contributed by atoms with E-state index in [0.29, 0.717) is 36.0 Å². The van der Waals surface area contributed by atoms with Gasteiger partial charge in [0, 0.05) is 42.8 Å². The molecule has 9 nitrogen and oxygen atoms in total. The number of hydrogen-bond donors (Lipinski definition) is 1. The lowest BCUT2D eigenvalue weighted by Crippen LogP contribution is -2.41. The van der Waals surface area contributed by atoms with Crippen LogP contribution in [0.3, 0.4) is 0 Å². The molecule has 2 aromatic heterocycles. The van der Waals surface area contributed by atoms with Crippen LogP contribution in [0.5, 0.6) is 5.88 Å². The van der Waals surface area contributed by atoms with Crippen molar-refractivity contribution < 1.29 is 24.2 Å². The van der Waals surface area contributed by atoms with Crippen molar-refractivity contribution in [1.82, 2.24) is 14.9 Å². The Bertz CT molecular complexity index is 1310. The Hall–Kier alpha value is -3.72. The summed E-state index contributed by atoms with van der Waals surface area (Å²) < 4.78 is 10.7. The standard InChI is InChI=1S/C25H26N4O5/c1-25(2,23(30)31)14-28-9-8-15-4-5-18(10-16(15)12-28)29-21-17(13-34-24(29)32)11-26-22-19(21)6-7-20(27-22)33-3/h4-7,10-11H,8-9,12-14H2,1-3H3,(H,30,31). The number of carbonyl (C=O) groups is 2. The van der Waals surface area contributed by atoms with Gasteiger partial charge in [-0.15, -0.1) is 0 Å². The maximum absolute atomic E-state index is 13.0. The molecule has 3 aromatic rings. The molecule has 0 saturated carbocycles. The quantitative estimate of drug-likeness (QED) is 0.609. The average Bonchev–Trinajstić information content (AvgIpc) is 2.82. The van der Waals surface area contributed by atoms with Gasteiger partial charge in [-0.2, -0.15) is 4.98 Å². The summed E-state index contributed by atoms with van der Waals surface area (Å²) in [4.78, 5) is 37.1.